The second-order valence-electron chi connectivity index (χ2n) is 25.1. The minimum Gasteiger partial charge on any atom is -0.545 e. The summed E-state index contributed by atoms with van der Waals surface area (Å²) in [6.07, 6.45) is 96.8. The Hall–Kier alpha value is -4.57. The molecule has 0 rings (SSSR count). The van der Waals surface area contributed by atoms with Gasteiger partial charge in [-0.25, -0.2) is 0 Å². The molecule has 0 aromatic rings. The maximum atomic E-state index is 12.9. The third-order valence-electron chi connectivity index (χ3n) is 15.4. The summed E-state index contributed by atoms with van der Waals surface area (Å²) in [6.45, 7) is 4.64. The van der Waals surface area contributed by atoms with Crippen molar-refractivity contribution in [3.05, 3.63) is 134 Å². The van der Waals surface area contributed by atoms with Crippen LogP contribution in [-0.4, -0.2) is 82.3 Å². The normalized spacial score (nSPS) is 13.5. The number of carbonyl (C=O) groups excluding carboxylic acids is 3. The second-order valence-corrected chi connectivity index (χ2v) is 25.1. The number of aliphatic carboxylic acids is 1. The van der Waals surface area contributed by atoms with Gasteiger partial charge in [0, 0.05) is 12.8 Å². The number of ether oxygens (including phenoxy) is 4. The molecule has 9 heteroatoms. The molecule has 2 atom stereocenters. The van der Waals surface area contributed by atoms with Gasteiger partial charge in [0.05, 0.1) is 40.3 Å². The number of hydrogen-bond donors (Lipinski definition) is 0. The summed E-state index contributed by atoms with van der Waals surface area (Å²) < 4.78 is 22.8. The number of rotatable bonds is 66. The first-order valence-corrected chi connectivity index (χ1v) is 36.3. The van der Waals surface area contributed by atoms with E-state index in [-0.39, 0.29) is 38.6 Å². The quantitative estimate of drug-likeness (QED) is 0.0195. The molecule has 0 saturated carbocycles. The minimum atomic E-state index is -1.63. The molecule has 2 unspecified atom stereocenters. The van der Waals surface area contributed by atoms with E-state index in [1.165, 1.54) is 154 Å². The summed E-state index contributed by atoms with van der Waals surface area (Å²) in [5.41, 5.74) is 0. The number of hydrogen-bond acceptors (Lipinski definition) is 8. The van der Waals surface area contributed by atoms with Crippen LogP contribution in [0.25, 0.3) is 0 Å². The van der Waals surface area contributed by atoms with Gasteiger partial charge in [0.2, 0.25) is 0 Å². The molecule has 0 heterocycles. The molecular weight excluding hydrogens is 1100 g/mol. The molecule has 0 N–H and O–H groups in total. The van der Waals surface area contributed by atoms with Crippen LogP contribution in [0.4, 0.5) is 0 Å². The number of likely N-dealkylation sites (N-methyl/N-ethyl adjacent to an activating group) is 1. The molecule has 0 aliphatic carbocycles. The van der Waals surface area contributed by atoms with Crippen LogP contribution in [0.2, 0.25) is 0 Å². The molecular formula is C80H135NO8. The van der Waals surface area contributed by atoms with Crippen LogP contribution < -0.4 is 5.11 Å². The first kappa shape index (κ1) is 84.4. The number of carboxylic acid groups (broad SMARTS) is 1. The van der Waals surface area contributed by atoms with Crippen molar-refractivity contribution >= 4 is 17.9 Å². The van der Waals surface area contributed by atoms with Crippen molar-refractivity contribution in [2.45, 2.75) is 309 Å². The molecule has 0 aromatic carbocycles. The minimum absolute atomic E-state index is 0.141. The zero-order valence-corrected chi connectivity index (χ0v) is 58.0. The Balaban J connectivity index is 4.16. The summed E-state index contributed by atoms with van der Waals surface area (Å²) in [5.74, 6) is -2.29. The highest BCUT2D eigenvalue weighted by atomic mass is 16.7. The Morgan fingerprint density at radius 3 is 0.966 bits per heavy atom. The van der Waals surface area contributed by atoms with Crippen LogP contribution in [0.15, 0.2) is 134 Å². The first-order valence-electron chi connectivity index (χ1n) is 36.3. The predicted octanol–water partition coefficient (Wildman–Crippen LogP) is 21.6. The van der Waals surface area contributed by atoms with Crippen LogP contribution in [-0.2, 0) is 33.3 Å². The molecule has 0 saturated heterocycles. The summed E-state index contributed by atoms with van der Waals surface area (Å²) in [7, 11) is 5.92. The third kappa shape index (κ3) is 70.7. The van der Waals surface area contributed by atoms with Crippen LogP contribution in [0.1, 0.15) is 296 Å². The lowest BCUT2D eigenvalue weighted by molar-refractivity contribution is -0.870. The van der Waals surface area contributed by atoms with E-state index in [0.29, 0.717) is 17.4 Å². The van der Waals surface area contributed by atoms with Gasteiger partial charge in [-0.3, -0.25) is 9.59 Å². The predicted molar refractivity (Wildman–Crippen MR) is 379 cm³/mol. The number of nitrogens with zero attached hydrogens (tertiary/aromatic N) is 1. The molecule has 508 valence electrons. The van der Waals surface area contributed by atoms with Gasteiger partial charge in [-0.15, -0.1) is 0 Å². The highest BCUT2D eigenvalue weighted by Crippen LogP contribution is 2.17. The number of esters is 2. The van der Waals surface area contributed by atoms with Crippen molar-refractivity contribution in [3.63, 3.8) is 0 Å². The lowest BCUT2D eigenvalue weighted by Crippen LogP contribution is -2.44. The molecule has 0 radical (unpaired) electrons. The van der Waals surface area contributed by atoms with E-state index in [1.807, 2.05) is 21.1 Å². The van der Waals surface area contributed by atoms with Crippen molar-refractivity contribution in [2.24, 2.45) is 0 Å². The second kappa shape index (κ2) is 69.3. The summed E-state index contributed by atoms with van der Waals surface area (Å²) in [5, 5.41) is 11.8. The van der Waals surface area contributed by atoms with E-state index < -0.39 is 24.3 Å². The van der Waals surface area contributed by atoms with E-state index in [4.69, 9.17) is 18.9 Å². The van der Waals surface area contributed by atoms with Crippen LogP contribution >= 0.6 is 0 Å². The van der Waals surface area contributed by atoms with Crippen molar-refractivity contribution in [1.29, 1.82) is 0 Å². The van der Waals surface area contributed by atoms with Gasteiger partial charge in [-0.05, 0) is 116 Å². The van der Waals surface area contributed by atoms with E-state index >= 15 is 0 Å². The zero-order chi connectivity index (χ0) is 64.7. The molecule has 0 spiro atoms. The van der Waals surface area contributed by atoms with Crippen LogP contribution in [0.5, 0.6) is 0 Å². The smallest absolute Gasteiger partial charge is 0.306 e. The Kier molecular flexibility index (Phi) is 65.8. The van der Waals surface area contributed by atoms with E-state index in [9.17, 15) is 19.5 Å². The topological polar surface area (TPSA) is 111 Å². The molecule has 0 aromatic heterocycles. The van der Waals surface area contributed by atoms with Gasteiger partial charge in [0.1, 0.15) is 13.2 Å². The standard InChI is InChI=1S/C80H135NO8/c1-6-8-10-12-14-16-18-20-22-24-26-28-30-32-33-34-35-36-37-38-39-40-41-42-43-44-45-47-49-51-53-55-57-59-61-63-65-67-69-71-78(83)89-76(75-88-80(79(84)85)86-73-72-81(3,4)5)74-87-77(82)70-68-66-64-62-60-58-56-54-52-50-48-46-31-29-27-25-23-21-19-17-15-13-11-9-7-2/h8,10,14,16,20,22,25-28,32-33,35-36,38-39,41-42,44-45,49,51,76,80H,6-7,9,11-13,15,17-19,21,23-24,29-31,34,37,40,43,46-48,50,52-75H2,1-5H3/b10-8-,16-14-,22-20-,27-25-,28-26-,33-32-,36-35-,39-38-,42-41-,45-44-,51-49-. The van der Waals surface area contributed by atoms with Crippen molar-refractivity contribution in [1.82, 2.24) is 0 Å². The van der Waals surface area contributed by atoms with E-state index in [2.05, 4.69) is 148 Å². The van der Waals surface area contributed by atoms with Gasteiger partial charge in [0.25, 0.3) is 0 Å². The van der Waals surface area contributed by atoms with Gasteiger partial charge in [-0.2, -0.15) is 0 Å². The molecule has 0 aliphatic rings. The molecule has 9 nitrogen and oxygen atoms in total. The lowest BCUT2D eigenvalue weighted by Gasteiger charge is -2.26. The molecule has 0 aliphatic heterocycles. The average Bonchev–Trinajstić information content (AvgIpc) is 3.64. The zero-order valence-electron chi connectivity index (χ0n) is 58.0. The Bertz CT molecular complexity index is 1930. The first-order chi connectivity index (χ1) is 43.6. The van der Waals surface area contributed by atoms with Gasteiger partial charge < -0.3 is 33.3 Å². The van der Waals surface area contributed by atoms with E-state index in [0.717, 1.165) is 109 Å². The van der Waals surface area contributed by atoms with Crippen molar-refractivity contribution in [3.8, 4) is 0 Å². The fourth-order valence-electron chi connectivity index (χ4n) is 9.86. The van der Waals surface area contributed by atoms with E-state index in [1.54, 1.807) is 0 Å². The molecule has 0 fully saturated rings. The van der Waals surface area contributed by atoms with Crippen LogP contribution in [0, 0.1) is 0 Å². The van der Waals surface area contributed by atoms with Gasteiger partial charge in [0.15, 0.2) is 12.4 Å². The molecule has 0 amide bonds. The number of carbonyl (C=O) groups is 3. The Morgan fingerprint density at radius 1 is 0.348 bits per heavy atom. The number of allylic oxidation sites excluding steroid dienone is 22. The third-order valence-corrected chi connectivity index (χ3v) is 15.4. The summed E-state index contributed by atoms with van der Waals surface area (Å²) >= 11 is 0. The van der Waals surface area contributed by atoms with Crippen molar-refractivity contribution in [2.75, 3.05) is 47.5 Å². The average molecular weight is 1240 g/mol. The monoisotopic (exact) mass is 1240 g/mol. The fraction of sp³-hybridized carbons (Fsp3) is 0.688. The highest BCUT2D eigenvalue weighted by Gasteiger charge is 2.22. The maximum Gasteiger partial charge on any atom is 0.306 e. The summed E-state index contributed by atoms with van der Waals surface area (Å²) in [6, 6.07) is 0. The van der Waals surface area contributed by atoms with Gasteiger partial charge >= 0.3 is 11.9 Å². The Labute approximate surface area is 548 Å². The largest absolute Gasteiger partial charge is 0.545 e. The van der Waals surface area contributed by atoms with Crippen molar-refractivity contribution < 1.29 is 42.9 Å². The molecule has 0 bridgehead atoms. The SMILES string of the molecule is CC/C=C\C/C=C\C/C=C\C/C=C\C/C=C\C/C=C\C/C=C\C/C=C\C/C=C\C/C=C\CCCCCCCCCCC(=O)OC(COC(=O)CCCCCCCCCCCCCCC/C=C\CCCCCCCCCC)COC(OCC[N+](C)(C)C)C(=O)[O-]. The number of quaternary nitrogens is 1. The fourth-order valence-corrected chi connectivity index (χ4v) is 9.86. The highest BCUT2D eigenvalue weighted by molar-refractivity contribution is 5.70. The number of carboxylic acids is 1. The van der Waals surface area contributed by atoms with Crippen LogP contribution in [0.3, 0.4) is 0 Å². The maximum absolute atomic E-state index is 12.9. The Morgan fingerprint density at radius 2 is 0.640 bits per heavy atom. The summed E-state index contributed by atoms with van der Waals surface area (Å²) in [4.78, 5) is 37.5. The molecule has 89 heavy (non-hydrogen) atoms. The lowest BCUT2D eigenvalue weighted by atomic mass is 10.0. The number of unbranched alkanes of at least 4 members (excludes halogenated alkanes) is 29. The van der Waals surface area contributed by atoms with Gasteiger partial charge in [-0.1, -0.05) is 302 Å².